The summed E-state index contributed by atoms with van der Waals surface area (Å²) in [6.07, 6.45) is 0.883. The molecule has 1 aromatic heterocycles. The van der Waals surface area contributed by atoms with Gasteiger partial charge in [0.1, 0.15) is 34.7 Å². The van der Waals surface area contributed by atoms with Gasteiger partial charge in [-0.2, -0.15) is 0 Å². The van der Waals surface area contributed by atoms with E-state index in [0.717, 1.165) is 6.42 Å². The summed E-state index contributed by atoms with van der Waals surface area (Å²) in [6.45, 7) is 4.88. The molecule has 152 valence electrons. The maximum absolute atomic E-state index is 14.6. The second-order valence-corrected chi connectivity index (χ2v) is 7.89. The van der Waals surface area contributed by atoms with Gasteiger partial charge in [-0.1, -0.05) is 26.0 Å². The minimum Gasteiger partial charge on any atom is -0.489 e. The van der Waals surface area contributed by atoms with E-state index in [1.54, 1.807) is 29.6 Å². The van der Waals surface area contributed by atoms with Gasteiger partial charge in [-0.3, -0.25) is 4.79 Å². The second-order valence-electron chi connectivity index (χ2n) is 7.04. The van der Waals surface area contributed by atoms with Crippen molar-refractivity contribution >= 4 is 17.2 Å². The number of thiazole rings is 1. The number of nitrogens with zero attached hydrogens (tertiary/aromatic N) is 1. The topological polar surface area (TPSA) is 51.2 Å². The van der Waals surface area contributed by atoms with Crippen LogP contribution in [0.25, 0.3) is 10.6 Å². The predicted molar refractivity (Wildman–Crippen MR) is 110 cm³/mol. The van der Waals surface area contributed by atoms with Crippen molar-refractivity contribution in [3.8, 4) is 16.3 Å². The Kier molecular flexibility index (Phi) is 6.93. The summed E-state index contributed by atoms with van der Waals surface area (Å²) < 4.78 is 33.3. The van der Waals surface area contributed by atoms with Gasteiger partial charge in [0.25, 0.3) is 5.91 Å². The first-order valence-electron chi connectivity index (χ1n) is 9.33. The fourth-order valence-corrected chi connectivity index (χ4v) is 3.45. The highest BCUT2D eigenvalue weighted by Crippen LogP contribution is 2.29. The summed E-state index contributed by atoms with van der Waals surface area (Å²) in [5.41, 5.74) is 1.23. The van der Waals surface area contributed by atoms with E-state index in [-0.39, 0.29) is 24.0 Å². The van der Waals surface area contributed by atoms with Crippen LogP contribution in [0.3, 0.4) is 0 Å². The van der Waals surface area contributed by atoms with Gasteiger partial charge in [0.2, 0.25) is 0 Å². The Morgan fingerprint density at radius 3 is 2.76 bits per heavy atom. The molecule has 1 heterocycles. The van der Waals surface area contributed by atoms with Crippen molar-refractivity contribution in [2.45, 2.75) is 26.9 Å². The predicted octanol–water partition coefficient (Wildman–Crippen LogP) is 5.44. The Morgan fingerprint density at radius 1 is 1.21 bits per heavy atom. The van der Waals surface area contributed by atoms with E-state index in [0.29, 0.717) is 34.3 Å². The fourth-order valence-electron chi connectivity index (χ4n) is 2.62. The number of amides is 1. The molecule has 0 aliphatic carbocycles. The van der Waals surface area contributed by atoms with Gasteiger partial charge in [-0.25, -0.2) is 13.8 Å². The monoisotopic (exact) mass is 416 g/mol. The maximum Gasteiger partial charge on any atom is 0.270 e. The molecule has 0 aliphatic rings. The summed E-state index contributed by atoms with van der Waals surface area (Å²) in [5, 5.41) is 4.86. The normalized spacial score (nSPS) is 10.9. The molecule has 3 rings (SSSR count). The van der Waals surface area contributed by atoms with Crippen LogP contribution in [-0.4, -0.2) is 17.4 Å². The quantitative estimate of drug-likeness (QED) is 0.532. The Labute approximate surface area is 172 Å². The maximum atomic E-state index is 14.6. The molecule has 7 heteroatoms. The molecule has 2 aromatic carbocycles. The van der Waals surface area contributed by atoms with Crippen LogP contribution < -0.4 is 10.1 Å². The van der Waals surface area contributed by atoms with Crippen LogP contribution in [0.1, 0.15) is 36.3 Å². The third kappa shape index (κ3) is 5.84. The minimum absolute atomic E-state index is 0.133. The highest BCUT2D eigenvalue weighted by Gasteiger charge is 2.15. The lowest BCUT2D eigenvalue weighted by molar-refractivity contribution is 0.0948. The van der Waals surface area contributed by atoms with Crippen LogP contribution in [0.5, 0.6) is 5.75 Å². The fraction of sp³-hybridized carbons (Fsp3) is 0.273. The highest BCUT2D eigenvalue weighted by molar-refractivity contribution is 7.13. The van der Waals surface area contributed by atoms with E-state index in [1.165, 1.54) is 29.5 Å². The van der Waals surface area contributed by atoms with Crippen molar-refractivity contribution in [2.24, 2.45) is 5.92 Å². The number of ether oxygens (including phenoxy) is 1. The van der Waals surface area contributed by atoms with Gasteiger partial charge in [0, 0.05) is 23.6 Å². The Bertz CT molecular complexity index is 988. The zero-order valence-corrected chi connectivity index (χ0v) is 17.1. The van der Waals surface area contributed by atoms with Gasteiger partial charge in [-0.15, -0.1) is 11.3 Å². The molecule has 0 unspecified atom stereocenters. The number of aromatic nitrogens is 1. The Hall–Kier alpha value is -2.80. The van der Waals surface area contributed by atoms with Crippen molar-refractivity contribution in [3.05, 3.63) is 70.7 Å². The van der Waals surface area contributed by atoms with Crippen LogP contribution in [-0.2, 0) is 6.61 Å². The SMILES string of the molecule is CC(C)CCNC(=O)c1csc(-c2ccc(OCc3cccc(F)c3)cc2F)n1. The van der Waals surface area contributed by atoms with Gasteiger partial charge >= 0.3 is 0 Å². The molecule has 0 radical (unpaired) electrons. The van der Waals surface area contributed by atoms with E-state index in [4.69, 9.17) is 4.74 Å². The van der Waals surface area contributed by atoms with E-state index < -0.39 is 5.82 Å². The average Bonchev–Trinajstić information content (AvgIpc) is 3.16. The number of hydrogen-bond donors (Lipinski definition) is 1. The van der Waals surface area contributed by atoms with Crippen molar-refractivity contribution in [1.82, 2.24) is 10.3 Å². The van der Waals surface area contributed by atoms with Crippen molar-refractivity contribution in [2.75, 3.05) is 6.54 Å². The number of hydrogen-bond acceptors (Lipinski definition) is 4. The molecule has 0 atom stereocenters. The Balaban J connectivity index is 1.64. The molecular formula is C22H22F2N2O2S. The zero-order valence-electron chi connectivity index (χ0n) is 16.2. The first-order chi connectivity index (χ1) is 13.9. The third-order valence-corrected chi connectivity index (χ3v) is 5.09. The lowest BCUT2D eigenvalue weighted by Crippen LogP contribution is -2.25. The van der Waals surface area contributed by atoms with Crippen LogP contribution >= 0.6 is 11.3 Å². The first-order valence-corrected chi connectivity index (χ1v) is 10.2. The molecule has 1 amide bonds. The summed E-state index contributed by atoms with van der Waals surface area (Å²) in [7, 11) is 0. The number of carbonyl (C=O) groups excluding carboxylic acids is 1. The summed E-state index contributed by atoms with van der Waals surface area (Å²) >= 11 is 1.21. The molecule has 4 nitrogen and oxygen atoms in total. The van der Waals surface area contributed by atoms with Crippen LogP contribution in [0.2, 0.25) is 0 Å². The van der Waals surface area contributed by atoms with E-state index in [9.17, 15) is 13.6 Å². The molecule has 29 heavy (non-hydrogen) atoms. The lowest BCUT2D eigenvalue weighted by atomic mass is 10.1. The van der Waals surface area contributed by atoms with E-state index in [1.807, 2.05) is 0 Å². The molecule has 0 bridgehead atoms. The molecule has 0 aliphatic heterocycles. The lowest BCUT2D eigenvalue weighted by Gasteiger charge is -2.08. The van der Waals surface area contributed by atoms with Gasteiger partial charge in [0.15, 0.2) is 0 Å². The molecule has 3 aromatic rings. The number of rotatable bonds is 8. The zero-order chi connectivity index (χ0) is 20.8. The summed E-state index contributed by atoms with van der Waals surface area (Å²) in [5.74, 6) is -0.275. The number of nitrogens with one attached hydrogen (secondary N) is 1. The van der Waals surface area contributed by atoms with Crippen LogP contribution in [0.15, 0.2) is 47.8 Å². The second kappa shape index (κ2) is 9.60. The van der Waals surface area contributed by atoms with E-state index in [2.05, 4.69) is 24.1 Å². The van der Waals surface area contributed by atoms with Crippen LogP contribution in [0, 0.1) is 17.6 Å². The van der Waals surface area contributed by atoms with Crippen molar-refractivity contribution < 1.29 is 18.3 Å². The number of halogens is 2. The molecule has 0 spiro atoms. The molecule has 0 saturated heterocycles. The summed E-state index contributed by atoms with van der Waals surface area (Å²) in [6, 6.07) is 10.5. The van der Waals surface area contributed by atoms with Gasteiger partial charge in [0.05, 0.1) is 0 Å². The standard InChI is InChI=1S/C22H22F2N2O2S/c1-14(2)8-9-25-21(27)20-13-29-22(26-20)18-7-6-17(11-19(18)24)28-12-15-4-3-5-16(23)10-15/h3-7,10-11,13-14H,8-9,12H2,1-2H3,(H,25,27). The van der Waals surface area contributed by atoms with E-state index >= 15 is 0 Å². The van der Waals surface area contributed by atoms with Gasteiger partial charge < -0.3 is 10.1 Å². The average molecular weight is 416 g/mol. The summed E-state index contributed by atoms with van der Waals surface area (Å²) in [4.78, 5) is 16.4. The van der Waals surface area contributed by atoms with Crippen molar-refractivity contribution in [3.63, 3.8) is 0 Å². The highest BCUT2D eigenvalue weighted by atomic mass is 32.1. The molecule has 1 N–H and O–H groups in total. The first kappa shape index (κ1) is 20.9. The number of benzene rings is 2. The minimum atomic E-state index is -0.497. The number of carbonyl (C=O) groups is 1. The molecule has 0 saturated carbocycles. The molecule has 0 fully saturated rings. The Morgan fingerprint density at radius 2 is 2.03 bits per heavy atom. The third-order valence-electron chi connectivity index (χ3n) is 4.21. The van der Waals surface area contributed by atoms with Crippen LogP contribution in [0.4, 0.5) is 8.78 Å². The largest absolute Gasteiger partial charge is 0.489 e. The van der Waals surface area contributed by atoms with Gasteiger partial charge in [-0.05, 0) is 42.2 Å². The smallest absolute Gasteiger partial charge is 0.270 e. The van der Waals surface area contributed by atoms with Crippen molar-refractivity contribution in [1.29, 1.82) is 0 Å². The molecular weight excluding hydrogens is 394 g/mol.